The standard InChI is InChI=1S/C15H15BN2O4S.C2H6/c1-15(2)10-11(15)14(20)18(13(10)19)6-7-5-9-12(23-7)8(16(21)22)3-4-17-9;1-2/h3-5,10-11,21-22H,6H2,1-2H3;1-2H3. The van der Waals surface area contributed by atoms with Gasteiger partial charge in [0, 0.05) is 16.5 Å². The molecule has 25 heavy (non-hydrogen) atoms. The van der Waals surface area contributed by atoms with E-state index in [1.54, 1.807) is 12.1 Å². The first-order valence-corrected chi connectivity index (χ1v) is 9.22. The lowest BCUT2D eigenvalue weighted by Crippen LogP contribution is -2.35. The van der Waals surface area contributed by atoms with Gasteiger partial charge in [0.05, 0.1) is 28.6 Å². The highest BCUT2D eigenvalue weighted by Crippen LogP contribution is 2.63. The van der Waals surface area contributed by atoms with Crippen molar-refractivity contribution in [2.24, 2.45) is 17.3 Å². The number of fused-ring (bicyclic) bond motifs is 2. The van der Waals surface area contributed by atoms with E-state index >= 15 is 0 Å². The van der Waals surface area contributed by atoms with Gasteiger partial charge < -0.3 is 10.0 Å². The third-order valence-electron chi connectivity index (χ3n) is 4.98. The average molecular weight is 360 g/mol. The lowest BCUT2D eigenvalue weighted by Gasteiger charge is -2.19. The van der Waals surface area contributed by atoms with E-state index in [1.165, 1.54) is 22.4 Å². The summed E-state index contributed by atoms with van der Waals surface area (Å²) in [5, 5.41) is 18.8. The number of carbonyl (C=O) groups excluding carboxylic acids is 2. The Morgan fingerprint density at radius 1 is 1.24 bits per heavy atom. The molecule has 2 aromatic heterocycles. The van der Waals surface area contributed by atoms with E-state index in [0.717, 1.165) is 4.88 Å². The van der Waals surface area contributed by atoms with Crippen LogP contribution in [0.3, 0.4) is 0 Å². The highest BCUT2D eigenvalue weighted by atomic mass is 32.1. The molecule has 2 fully saturated rings. The Bertz CT molecular complexity index is 824. The molecule has 2 aliphatic rings. The van der Waals surface area contributed by atoms with Crippen molar-refractivity contribution >= 4 is 45.9 Å². The molecule has 1 aliphatic carbocycles. The number of likely N-dealkylation sites (tertiary alicyclic amines) is 1. The molecule has 2 atom stereocenters. The second kappa shape index (κ2) is 6.19. The van der Waals surface area contributed by atoms with Gasteiger partial charge in [0.25, 0.3) is 0 Å². The zero-order valence-electron chi connectivity index (χ0n) is 14.7. The van der Waals surface area contributed by atoms with Crippen LogP contribution < -0.4 is 5.46 Å². The Kier molecular flexibility index (Phi) is 4.47. The van der Waals surface area contributed by atoms with Gasteiger partial charge in [-0.15, -0.1) is 11.3 Å². The molecule has 0 radical (unpaired) electrons. The molecule has 2 aromatic rings. The van der Waals surface area contributed by atoms with Crippen LogP contribution in [-0.4, -0.2) is 38.9 Å². The lowest BCUT2D eigenvalue weighted by atomic mass is 9.81. The Morgan fingerprint density at radius 2 is 1.84 bits per heavy atom. The summed E-state index contributed by atoms with van der Waals surface area (Å²) in [6.45, 7) is 8.13. The van der Waals surface area contributed by atoms with Crippen LogP contribution in [0, 0.1) is 17.3 Å². The van der Waals surface area contributed by atoms with Crippen molar-refractivity contribution in [1.82, 2.24) is 9.88 Å². The first-order valence-electron chi connectivity index (χ1n) is 8.41. The molecular formula is C17H21BN2O4S. The summed E-state index contributed by atoms with van der Waals surface area (Å²) in [7, 11) is -1.57. The Morgan fingerprint density at radius 3 is 2.40 bits per heavy atom. The van der Waals surface area contributed by atoms with Crippen molar-refractivity contribution in [2.75, 3.05) is 0 Å². The van der Waals surface area contributed by atoms with Crippen LogP contribution in [0.2, 0.25) is 0 Å². The molecule has 0 spiro atoms. The molecule has 3 heterocycles. The summed E-state index contributed by atoms with van der Waals surface area (Å²) in [6, 6.07) is 3.35. The number of thiophene rings is 1. The summed E-state index contributed by atoms with van der Waals surface area (Å²) in [5.74, 6) is -0.565. The normalized spacial score (nSPS) is 23.4. The van der Waals surface area contributed by atoms with E-state index in [4.69, 9.17) is 0 Å². The Labute approximate surface area is 150 Å². The monoisotopic (exact) mass is 360 g/mol. The maximum atomic E-state index is 12.4. The van der Waals surface area contributed by atoms with Crippen LogP contribution >= 0.6 is 11.3 Å². The van der Waals surface area contributed by atoms with Crippen LogP contribution in [0.15, 0.2) is 18.3 Å². The summed E-state index contributed by atoms with van der Waals surface area (Å²) < 4.78 is 0.669. The minimum absolute atomic E-state index is 0.0992. The zero-order chi connectivity index (χ0) is 18.5. The summed E-state index contributed by atoms with van der Waals surface area (Å²) in [6.07, 6.45) is 1.51. The molecule has 1 aliphatic heterocycles. The predicted octanol–water partition coefficient (Wildman–Crippen LogP) is 1.14. The molecule has 1 saturated heterocycles. The van der Waals surface area contributed by atoms with Crippen molar-refractivity contribution in [1.29, 1.82) is 0 Å². The molecule has 1 saturated carbocycles. The van der Waals surface area contributed by atoms with Gasteiger partial charge in [-0.1, -0.05) is 27.7 Å². The minimum Gasteiger partial charge on any atom is -0.423 e. The van der Waals surface area contributed by atoms with E-state index in [-0.39, 0.29) is 35.6 Å². The fourth-order valence-electron chi connectivity index (χ4n) is 3.60. The lowest BCUT2D eigenvalue weighted by molar-refractivity contribution is -0.143. The van der Waals surface area contributed by atoms with Gasteiger partial charge in [-0.2, -0.15) is 0 Å². The van der Waals surface area contributed by atoms with E-state index in [0.29, 0.717) is 15.7 Å². The molecule has 0 bridgehead atoms. The number of hydrogen-bond acceptors (Lipinski definition) is 6. The quantitative estimate of drug-likeness (QED) is 0.633. The van der Waals surface area contributed by atoms with Crippen LogP contribution in [0.4, 0.5) is 0 Å². The molecule has 0 aromatic carbocycles. The molecule has 2 amide bonds. The van der Waals surface area contributed by atoms with Crippen molar-refractivity contribution in [3.63, 3.8) is 0 Å². The smallest absolute Gasteiger partial charge is 0.423 e. The Hall–Kier alpha value is -1.77. The summed E-state index contributed by atoms with van der Waals surface area (Å²) >= 11 is 1.33. The number of carbonyl (C=O) groups is 2. The third-order valence-corrected chi connectivity index (χ3v) is 6.14. The highest BCUT2D eigenvalue weighted by Gasteiger charge is 2.72. The number of imide groups is 1. The SMILES string of the molecule is CC.CC1(C)C2C(=O)N(Cc3cc4nccc(B(O)O)c4s3)C(=O)C21. The van der Waals surface area contributed by atoms with Crippen molar-refractivity contribution in [3.05, 3.63) is 23.2 Å². The topological polar surface area (TPSA) is 90.7 Å². The molecule has 8 heteroatoms. The van der Waals surface area contributed by atoms with Crippen molar-refractivity contribution < 1.29 is 19.6 Å². The zero-order valence-corrected chi connectivity index (χ0v) is 15.5. The highest BCUT2D eigenvalue weighted by molar-refractivity contribution is 7.20. The van der Waals surface area contributed by atoms with Crippen molar-refractivity contribution in [3.8, 4) is 0 Å². The minimum atomic E-state index is -1.57. The summed E-state index contributed by atoms with van der Waals surface area (Å²) in [4.78, 5) is 31.1. The van der Waals surface area contributed by atoms with E-state index in [2.05, 4.69) is 4.98 Å². The molecule has 2 N–H and O–H groups in total. The van der Waals surface area contributed by atoms with Gasteiger partial charge in [0.2, 0.25) is 11.8 Å². The first kappa shape index (κ1) is 18.0. The number of nitrogens with zero attached hydrogens (tertiary/aromatic N) is 2. The number of aromatic nitrogens is 1. The molecule has 4 rings (SSSR count). The van der Waals surface area contributed by atoms with Crippen LogP contribution in [0.25, 0.3) is 10.2 Å². The number of amides is 2. The number of piperidine rings is 1. The van der Waals surface area contributed by atoms with Gasteiger partial charge in [0.15, 0.2) is 0 Å². The molecular weight excluding hydrogens is 339 g/mol. The number of rotatable bonds is 3. The molecule has 6 nitrogen and oxygen atoms in total. The van der Waals surface area contributed by atoms with Gasteiger partial charge in [-0.25, -0.2) is 0 Å². The van der Waals surface area contributed by atoms with Crippen LogP contribution in [0.1, 0.15) is 32.6 Å². The van der Waals surface area contributed by atoms with Gasteiger partial charge in [0.1, 0.15) is 0 Å². The second-order valence-corrected chi connectivity index (χ2v) is 7.88. The largest absolute Gasteiger partial charge is 0.490 e. The van der Waals surface area contributed by atoms with Gasteiger partial charge in [-0.05, 0) is 17.5 Å². The maximum absolute atomic E-state index is 12.4. The second-order valence-electron chi connectivity index (χ2n) is 6.74. The Balaban J connectivity index is 0.000000880. The fourth-order valence-corrected chi connectivity index (χ4v) is 4.74. The van der Waals surface area contributed by atoms with Crippen LogP contribution in [-0.2, 0) is 16.1 Å². The fraction of sp³-hybridized carbons (Fsp3) is 0.471. The van der Waals surface area contributed by atoms with E-state index in [1.807, 2.05) is 27.7 Å². The molecule has 2 unspecified atom stereocenters. The number of pyridine rings is 1. The molecule has 132 valence electrons. The summed E-state index contributed by atoms with van der Waals surface area (Å²) in [5.41, 5.74) is 0.815. The van der Waals surface area contributed by atoms with E-state index < -0.39 is 7.12 Å². The average Bonchev–Trinajstić information content (AvgIpc) is 2.84. The van der Waals surface area contributed by atoms with E-state index in [9.17, 15) is 19.6 Å². The maximum Gasteiger partial charge on any atom is 0.490 e. The number of hydrogen-bond donors (Lipinski definition) is 2. The predicted molar refractivity (Wildman–Crippen MR) is 97.1 cm³/mol. The van der Waals surface area contributed by atoms with Crippen molar-refractivity contribution in [2.45, 2.75) is 34.2 Å². The van der Waals surface area contributed by atoms with Gasteiger partial charge >= 0.3 is 7.12 Å². The third kappa shape index (κ3) is 2.68. The first-order chi connectivity index (χ1) is 11.8. The van der Waals surface area contributed by atoms with Gasteiger partial charge in [-0.3, -0.25) is 19.5 Å². The van der Waals surface area contributed by atoms with Crippen LogP contribution in [0.5, 0.6) is 0 Å².